The summed E-state index contributed by atoms with van der Waals surface area (Å²) in [6.07, 6.45) is -0.807. The van der Waals surface area contributed by atoms with Gasteiger partial charge in [0.1, 0.15) is 11.5 Å². The standard InChI is InChI=1S/C17H14Cl2N2O4/c18-10-5-6-13(11(19)7-10)24-9-16(22)20-8-15-17(23)21-12-3-1-2-4-14(12)25-15/h1-7,15H,8-9H2,(H,20,22)(H,21,23). The molecule has 0 saturated heterocycles. The van der Waals surface area contributed by atoms with Crippen LogP contribution in [0, 0.1) is 0 Å². The van der Waals surface area contributed by atoms with E-state index in [2.05, 4.69) is 10.6 Å². The smallest absolute Gasteiger partial charge is 0.267 e. The van der Waals surface area contributed by atoms with Gasteiger partial charge in [-0.05, 0) is 30.3 Å². The Morgan fingerprint density at radius 3 is 2.84 bits per heavy atom. The predicted molar refractivity (Wildman–Crippen MR) is 94.5 cm³/mol. The summed E-state index contributed by atoms with van der Waals surface area (Å²) in [5, 5.41) is 6.11. The highest BCUT2D eigenvalue weighted by atomic mass is 35.5. The summed E-state index contributed by atoms with van der Waals surface area (Å²) < 4.78 is 10.9. The van der Waals surface area contributed by atoms with Crippen molar-refractivity contribution in [2.24, 2.45) is 0 Å². The Kier molecular flexibility index (Phi) is 5.31. The maximum Gasteiger partial charge on any atom is 0.267 e. The molecule has 0 spiro atoms. The second-order valence-corrected chi connectivity index (χ2v) is 6.10. The lowest BCUT2D eigenvalue weighted by Gasteiger charge is -2.25. The fraction of sp³-hybridized carbons (Fsp3) is 0.176. The summed E-state index contributed by atoms with van der Waals surface area (Å²) in [7, 11) is 0. The van der Waals surface area contributed by atoms with Gasteiger partial charge in [-0.15, -0.1) is 0 Å². The van der Waals surface area contributed by atoms with Crippen molar-refractivity contribution in [1.29, 1.82) is 0 Å². The Hall–Kier alpha value is -2.44. The maximum atomic E-state index is 12.0. The van der Waals surface area contributed by atoms with E-state index in [-0.39, 0.29) is 19.1 Å². The van der Waals surface area contributed by atoms with E-state index < -0.39 is 12.0 Å². The summed E-state index contributed by atoms with van der Waals surface area (Å²) in [4.78, 5) is 23.9. The molecule has 1 heterocycles. The van der Waals surface area contributed by atoms with Gasteiger partial charge in [0.15, 0.2) is 12.7 Å². The summed E-state index contributed by atoms with van der Waals surface area (Å²) >= 11 is 11.8. The van der Waals surface area contributed by atoms with Gasteiger partial charge in [-0.25, -0.2) is 0 Å². The molecule has 6 nitrogen and oxygen atoms in total. The van der Waals surface area contributed by atoms with Gasteiger partial charge in [-0.1, -0.05) is 35.3 Å². The molecule has 2 N–H and O–H groups in total. The minimum absolute atomic E-state index is 0.0245. The first-order valence-corrected chi connectivity index (χ1v) is 8.19. The Balaban J connectivity index is 1.50. The van der Waals surface area contributed by atoms with Crippen molar-refractivity contribution in [2.75, 3.05) is 18.5 Å². The van der Waals surface area contributed by atoms with Gasteiger partial charge in [-0.3, -0.25) is 9.59 Å². The molecule has 8 heteroatoms. The van der Waals surface area contributed by atoms with E-state index in [0.717, 1.165) is 0 Å². The fourth-order valence-electron chi connectivity index (χ4n) is 2.22. The van der Waals surface area contributed by atoms with Gasteiger partial charge in [0.25, 0.3) is 11.8 Å². The highest BCUT2D eigenvalue weighted by Gasteiger charge is 2.27. The summed E-state index contributed by atoms with van der Waals surface area (Å²) in [5.41, 5.74) is 0.607. The van der Waals surface area contributed by atoms with Gasteiger partial charge in [0.2, 0.25) is 0 Å². The van der Waals surface area contributed by atoms with Crippen molar-refractivity contribution in [3.05, 3.63) is 52.5 Å². The Morgan fingerprint density at radius 2 is 2.04 bits per heavy atom. The summed E-state index contributed by atoms with van der Waals surface area (Å²) in [6.45, 7) is -0.219. The van der Waals surface area contributed by atoms with E-state index in [0.29, 0.717) is 27.2 Å². The molecule has 25 heavy (non-hydrogen) atoms. The summed E-state index contributed by atoms with van der Waals surface area (Å²) in [6, 6.07) is 11.8. The number of carbonyl (C=O) groups is 2. The number of nitrogens with one attached hydrogen (secondary N) is 2. The number of hydrogen-bond donors (Lipinski definition) is 2. The van der Waals surface area contributed by atoms with Crippen LogP contribution in [-0.4, -0.2) is 31.1 Å². The van der Waals surface area contributed by atoms with Gasteiger partial charge in [0, 0.05) is 5.02 Å². The van der Waals surface area contributed by atoms with Gasteiger partial charge < -0.3 is 20.1 Å². The van der Waals surface area contributed by atoms with Crippen molar-refractivity contribution < 1.29 is 19.1 Å². The lowest BCUT2D eigenvalue weighted by atomic mass is 10.2. The molecule has 130 valence electrons. The van der Waals surface area contributed by atoms with E-state index in [4.69, 9.17) is 32.7 Å². The molecule has 1 aliphatic heterocycles. The molecule has 2 aromatic rings. The van der Waals surface area contributed by atoms with Crippen LogP contribution in [0.5, 0.6) is 11.5 Å². The maximum absolute atomic E-state index is 12.0. The Bertz CT molecular complexity index is 813. The molecular weight excluding hydrogens is 367 g/mol. The minimum atomic E-state index is -0.807. The van der Waals surface area contributed by atoms with Crippen LogP contribution in [0.3, 0.4) is 0 Å². The molecule has 1 atom stereocenters. The topological polar surface area (TPSA) is 76.7 Å². The number of fused-ring (bicyclic) bond motifs is 1. The molecule has 3 rings (SSSR count). The van der Waals surface area contributed by atoms with Crippen LogP contribution in [0.25, 0.3) is 0 Å². The molecule has 0 aromatic heterocycles. The van der Waals surface area contributed by atoms with Gasteiger partial charge in [0.05, 0.1) is 17.3 Å². The van der Waals surface area contributed by atoms with Crippen molar-refractivity contribution in [3.8, 4) is 11.5 Å². The van der Waals surface area contributed by atoms with Crippen molar-refractivity contribution in [2.45, 2.75) is 6.10 Å². The van der Waals surface area contributed by atoms with E-state index in [1.54, 1.807) is 36.4 Å². The molecule has 0 fully saturated rings. The largest absolute Gasteiger partial charge is 0.482 e. The number of hydrogen-bond acceptors (Lipinski definition) is 4. The molecular formula is C17H14Cl2N2O4. The zero-order valence-electron chi connectivity index (χ0n) is 12.9. The first-order valence-electron chi connectivity index (χ1n) is 7.44. The quantitative estimate of drug-likeness (QED) is 0.835. The summed E-state index contributed by atoms with van der Waals surface area (Å²) in [5.74, 6) is 0.189. The van der Waals surface area contributed by atoms with Crippen LogP contribution in [0.15, 0.2) is 42.5 Å². The van der Waals surface area contributed by atoms with E-state index in [1.165, 1.54) is 6.07 Å². The number of anilines is 1. The van der Waals surface area contributed by atoms with Gasteiger partial charge >= 0.3 is 0 Å². The highest BCUT2D eigenvalue weighted by Crippen LogP contribution is 2.29. The molecule has 1 aliphatic rings. The average Bonchev–Trinajstić information content (AvgIpc) is 2.59. The fourth-order valence-corrected chi connectivity index (χ4v) is 2.68. The lowest BCUT2D eigenvalue weighted by Crippen LogP contribution is -2.46. The van der Waals surface area contributed by atoms with Crippen LogP contribution in [0.1, 0.15) is 0 Å². The molecule has 1 unspecified atom stereocenters. The van der Waals surface area contributed by atoms with Crippen molar-refractivity contribution >= 4 is 40.7 Å². The molecule has 0 bridgehead atoms. The third-order valence-electron chi connectivity index (χ3n) is 3.44. The molecule has 0 aliphatic carbocycles. The monoisotopic (exact) mass is 380 g/mol. The van der Waals surface area contributed by atoms with E-state index in [9.17, 15) is 9.59 Å². The third-order valence-corrected chi connectivity index (χ3v) is 3.97. The normalized spacial score (nSPS) is 15.6. The predicted octanol–water partition coefficient (Wildman–Crippen LogP) is 2.89. The number of para-hydroxylation sites is 2. The zero-order chi connectivity index (χ0) is 17.8. The number of amides is 2. The van der Waals surface area contributed by atoms with E-state index in [1.807, 2.05) is 0 Å². The SMILES string of the molecule is O=C(COc1ccc(Cl)cc1Cl)NCC1Oc2ccccc2NC1=O. The first-order chi connectivity index (χ1) is 12.0. The lowest BCUT2D eigenvalue weighted by molar-refractivity contribution is -0.126. The highest BCUT2D eigenvalue weighted by molar-refractivity contribution is 6.35. The van der Waals surface area contributed by atoms with Gasteiger partial charge in [-0.2, -0.15) is 0 Å². The average molecular weight is 381 g/mol. The van der Waals surface area contributed by atoms with Crippen LogP contribution in [0.4, 0.5) is 5.69 Å². The molecule has 0 radical (unpaired) electrons. The second-order valence-electron chi connectivity index (χ2n) is 5.26. The number of halogens is 2. The number of benzene rings is 2. The molecule has 2 amide bonds. The minimum Gasteiger partial charge on any atom is -0.482 e. The molecule has 2 aromatic carbocycles. The third kappa shape index (κ3) is 4.35. The zero-order valence-corrected chi connectivity index (χ0v) is 14.4. The Morgan fingerprint density at radius 1 is 1.24 bits per heavy atom. The molecule has 0 saturated carbocycles. The Labute approximate surface area is 154 Å². The number of carbonyl (C=O) groups excluding carboxylic acids is 2. The van der Waals surface area contributed by atoms with Crippen molar-refractivity contribution in [1.82, 2.24) is 5.32 Å². The second kappa shape index (κ2) is 7.63. The van der Waals surface area contributed by atoms with E-state index >= 15 is 0 Å². The number of ether oxygens (including phenoxy) is 2. The number of rotatable bonds is 5. The van der Waals surface area contributed by atoms with Crippen LogP contribution < -0.4 is 20.1 Å². The van der Waals surface area contributed by atoms with Crippen molar-refractivity contribution in [3.63, 3.8) is 0 Å². The van der Waals surface area contributed by atoms with Crippen LogP contribution in [0.2, 0.25) is 10.0 Å². The van der Waals surface area contributed by atoms with Crippen LogP contribution in [-0.2, 0) is 9.59 Å². The van der Waals surface area contributed by atoms with Crippen LogP contribution >= 0.6 is 23.2 Å². The first kappa shape index (κ1) is 17.4.